The fourth-order valence-electron chi connectivity index (χ4n) is 5.00. The van der Waals surface area contributed by atoms with Gasteiger partial charge in [0.15, 0.2) is 5.54 Å². The largest absolute Gasteiger partial charge is 0.406 e. The van der Waals surface area contributed by atoms with Crippen LogP contribution in [-0.4, -0.2) is 87.4 Å². The molecule has 13 heteroatoms. The van der Waals surface area contributed by atoms with E-state index in [1.165, 1.54) is 12.3 Å². The van der Waals surface area contributed by atoms with Crippen LogP contribution in [0.3, 0.4) is 0 Å². The number of benzene rings is 1. The van der Waals surface area contributed by atoms with E-state index in [1.54, 1.807) is 12.1 Å². The van der Waals surface area contributed by atoms with Gasteiger partial charge in [-0.25, -0.2) is 4.79 Å². The molecule has 0 saturated carbocycles. The zero-order valence-corrected chi connectivity index (χ0v) is 20.3. The summed E-state index contributed by atoms with van der Waals surface area (Å²) in [5.74, 6) is -2.97. The Hall–Kier alpha value is -4.00. The number of nitrogens with two attached hydrogens (primary N) is 1. The number of primary amides is 1. The number of ether oxygens (including phenoxy) is 1. The Morgan fingerprint density at radius 3 is 2.42 bits per heavy atom. The highest BCUT2D eigenvalue weighted by Gasteiger charge is 2.67. The van der Waals surface area contributed by atoms with Gasteiger partial charge in [0, 0.05) is 31.4 Å². The van der Waals surface area contributed by atoms with Gasteiger partial charge >= 0.3 is 12.2 Å². The van der Waals surface area contributed by atoms with Crippen molar-refractivity contribution in [1.29, 1.82) is 0 Å². The van der Waals surface area contributed by atoms with Crippen LogP contribution in [0.4, 0.5) is 18.0 Å². The van der Waals surface area contributed by atoms with Crippen molar-refractivity contribution in [1.82, 2.24) is 19.7 Å². The quantitative estimate of drug-likeness (QED) is 0.385. The number of nitrogens with zero attached hydrogens (tertiary/aromatic N) is 4. The summed E-state index contributed by atoms with van der Waals surface area (Å²) in [5.41, 5.74) is 4.63. The molecule has 2 saturated heterocycles. The van der Waals surface area contributed by atoms with E-state index in [1.807, 2.05) is 30.3 Å². The minimum absolute atomic E-state index is 0.0141. The van der Waals surface area contributed by atoms with Crippen LogP contribution in [-0.2, 0) is 32.1 Å². The van der Waals surface area contributed by atoms with Crippen LogP contribution < -0.4 is 5.73 Å². The molecule has 2 unspecified atom stereocenters. The Morgan fingerprint density at radius 1 is 1.08 bits per heavy atom. The van der Waals surface area contributed by atoms with Gasteiger partial charge in [-0.15, -0.1) is 0 Å². The molecule has 3 heterocycles. The third-order valence-electron chi connectivity index (χ3n) is 6.56. The highest BCUT2D eigenvalue weighted by Crippen LogP contribution is 2.40. The van der Waals surface area contributed by atoms with Gasteiger partial charge in [0.05, 0.1) is 19.6 Å². The van der Waals surface area contributed by atoms with Crippen molar-refractivity contribution < 1.29 is 37.1 Å². The van der Waals surface area contributed by atoms with E-state index in [-0.39, 0.29) is 43.3 Å². The molecule has 0 aliphatic carbocycles. The molecule has 0 bridgehead atoms. The number of carbonyl (C=O) groups is 4. The molecule has 10 nitrogen and oxygen atoms in total. The summed E-state index contributed by atoms with van der Waals surface area (Å²) in [6, 6.07) is 11.0. The van der Waals surface area contributed by atoms with Gasteiger partial charge < -0.3 is 20.3 Å². The molecule has 0 spiro atoms. The molecule has 202 valence electrons. The predicted molar refractivity (Wildman–Crippen MR) is 126 cm³/mol. The summed E-state index contributed by atoms with van der Waals surface area (Å²) in [6.07, 6.45) is -4.06. The van der Waals surface area contributed by atoms with Crippen LogP contribution in [0.2, 0.25) is 0 Å². The van der Waals surface area contributed by atoms with Crippen molar-refractivity contribution in [2.24, 2.45) is 5.73 Å². The van der Waals surface area contributed by atoms with E-state index in [2.05, 4.69) is 4.98 Å². The Morgan fingerprint density at radius 2 is 1.79 bits per heavy atom. The lowest BCUT2D eigenvalue weighted by molar-refractivity contribution is -0.162. The van der Waals surface area contributed by atoms with E-state index < -0.39 is 54.5 Å². The zero-order chi connectivity index (χ0) is 27.5. The van der Waals surface area contributed by atoms with E-state index in [0.29, 0.717) is 0 Å². The monoisotopic (exact) mass is 533 g/mol. The molecule has 2 aliphatic rings. The molecular weight excluding hydrogens is 507 g/mol. The topological polar surface area (TPSA) is 126 Å². The second kappa shape index (κ2) is 10.8. The lowest BCUT2D eigenvalue weighted by Gasteiger charge is -2.49. The van der Waals surface area contributed by atoms with E-state index in [9.17, 15) is 32.3 Å². The number of hydrogen-bond acceptors (Lipinski definition) is 6. The number of rotatable bonds is 9. The molecule has 2 aromatic rings. The third kappa shape index (κ3) is 5.32. The second-order valence-corrected chi connectivity index (χ2v) is 9.04. The van der Waals surface area contributed by atoms with Crippen molar-refractivity contribution in [3.8, 4) is 0 Å². The van der Waals surface area contributed by atoms with E-state index >= 15 is 0 Å². The van der Waals surface area contributed by atoms with Crippen LogP contribution in [0.15, 0.2) is 54.7 Å². The van der Waals surface area contributed by atoms with Crippen molar-refractivity contribution in [3.63, 3.8) is 0 Å². The van der Waals surface area contributed by atoms with Gasteiger partial charge in [-0.1, -0.05) is 36.4 Å². The maximum atomic E-state index is 13.6. The fourth-order valence-corrected chi connectivity index (χ4v) is 5.00. The van der Waals surface area contributed by atoms with E-state index in [0.717, 1.165) is 15.4 Å². The Balaban J connectivity index is 1.62. The zero-order valence-electron chi connectivity index (χ0n) is 20.3. The van der Waals surface area contributed by atoms with Gasteiger partial charge in [0.25, 0.3) is 5.91 Å². The standard InChI is InChI=1S/C25H26F3N5O5/c26-25(27,28)16-32-22(36)24(14-18-8-4-5-10-30-18)20(21(29)35)31(11-12-33(24)23(32)37)19(34)9-13-38-15-17-6-2-1-3-7-17/h1-8,10,20H,9,11-16H2,(H2,29,35). The van der Waals surface area contributed by atoms with Crippen LogP contribution in [0.25, 0.3) is 0 Å². The van der Waals surface area contributed by atoms with Gasteiger partial charge in [0.2, 0.25) is 11.8 Å². The molecule has 1 aromatic carbocycles. The lowest BCUT2D eigenvalue weighted by Crippen LogP contribution is -2.74. The Bertz CT molecular complexity index is 1200. The molecule has 0 radical (unpaired) electrons. The van der Waals surface area contributed by atoms with Crippen LogP contribution >= 0.6 is 0 Å². The van der Waals surface area contributed by atoms with Crippen molar-refractivity contribution in [2.45, 2.75) is 37.2 Å². The first-order chi connectivity index (χ1) is 18.0. The second-order valence-electron chi connectivity index (χ2n) is 9.04. The molecule has 2 atom stereocenters. The molecule has 1 aromatic heterocycles. The molecule has 2 aliphatic heterocycles. The SMILES string of the molecule is NC(=O)C1N(C(=O)CCOCc2ccccc2)CCN2C(=O)N(CC(F)(F)F)C(=O)C12Cc1ccccn1. The Labute approximate surface area is 216 Å². The first-order valence-corrected chi connectivity index (χ1v) is 11.9. The number of piperazine rings is 1. The fraction of sp³-hybridized carbons (Fsp3) is 0.400. The van der Waals surface area contributed by atoms with E-state index in [4.69, 9.17) is 10.5 Å². The summed E-state index contributed by atoms with van der Waals surface area (Å²) in [5, 5.41) is 0. The highest BCUT2D eigenvalue weighted by molar-refractivity contribution is 6.11. The number of carbonyl (C=O) groups excluding carboxylic acids is 4. The number of alkyl halides is 3. The predicted octanol–water partition coefficient (Wildman–Crippen LogP) is 1.49. The molecular formula is C25H26F3N5O5. The van der Waals surface area contributed by atoms with Gasteiger partial charge in [0.1, 0.15) is 12.6 Å². The number of pyridine rings is 1. The molecule has 5 amide bonds. The number of halogens is 3. The number of imide groups is 1. The van der Waals surface area contributed by atoms with Crippen LogP contribution in [0, 0.1) is 0 Å². The summed E-state index contributed by atoms with van der Waals surface area (Å²) in [4.78, 5) is 58.9. The minimum Gasteiger partial charge on any atom is -0.376 e. The van der Waals surface area contributed by atoms with Crippen LogP contribution in [0.1, 0.15) is 17.7 Å². The molecule has 4 rings (SSSR count). The number of hydrogen-bond donors (Lipinski definition) is 1. The smallest absolute Gasteiger partial charge is 0.376 e. The average Bonchev–Trinajstić information content (AvgIpc) is 3.07. The maximum absolute atomic E-state index is 13.6. The maximum Gasteiger partial charge on any atom is 0.406 e. The summed E-state index contributed by atoms with van der Waals surface area (Å²) in [6.45, 7) is -2.08. The average molecular weight is 534 g/mol. The molecule has 38 heavy (non-hydrogen) atoms. The van der Waals surface area contributed by atoms with Crippen molar-refractivity contribution >= 4 is 23.8 Å². The first kappa shape index (κ1) is 27.0. The van der Waals surface area contributed by atoms with Crippen LogP contribution in [0.5, 0.6) is 0 Å². The summed E-state index contributed by atoms with van der Waals surface area (Å²) >= 11 is 0. The van der Waals surface area contributed by atoms with Crippen molar-refractivity contribution in [2.75, 3.05) is 26.2 Å². The Kier molecular flexibility index (Phi) is 7.67. The van der Waals surface area contributed by atoms with Gasteiger partial charge in [-0.2, -0.15) is 13.2 Å². The molecule has 2 fully saturated rings. The van der Waals surface area contributed by atoms with Gasteiger partial charge in [-0.05, 0) is 17.7 Å². The highest BCUT2D eigenvalue weighted by atomic mass is 19.4. The third-order valence-corrected chi connectivity index (χ3v) is 6.56. The lowest BCUT2D eigenvalue weighted by atomic mass is 9.80. The van der Waals surface area contributed by atoms with Crippen molar-refractivity contribution in [3.05, 3.63) is 66.0 Å². The normalized spacial score (nSPS) is 21.6. The number of aromatic nitrogens is 1. The summed E-state index contributed by atoms with van der Waals surface area (Å²) in [7, 11) is 0. The van der Waals surface area contributed by atoms with Gasteiger partial charge in [-0.3, -0.25) is 24.3 Å². The molecule has 2 N–H and O–H groups in total. The number of amides is 5. The summed E-state index contributed by atoms with van der Waals surface area (Å²) < 4.78 is 45.4. The first-order valence-electron chi connectivity index (χ1n) is 11.9. The minimum atomic E-state index is -4.88. The number of urea groups is 1. The number of fused-ring (bicyclic) bond motifs is 1.